The number of carbonyl (C=O) groups excluding carboxylic acids is 1. The number of benzene rings is 2. The van der Waals surface area contributed by atoms with E-state index in [4.69, 9.17) is 0 Å². The SMILES string of the molecule is Cc1ccc(C(=O)c2c(C)[nH]c3ccccc23)cc1. The summed E-state index contributed by atoms with van der Waals surface area (Å²) in [6, 6.07) is 15.6. The maximum Gasteiger partial charge on any atom is 0.195 e. The zero-order valence-electron chi connectivity index (χ0n) is 11.0. The Bertz CT molecular complexity index is 751. The molecule has 0 amide bonds. The monoisotopic (exact) mass is 249 g/mol. The van der Waals surface area contributed by atoms with Gasteiger partial charge in [0.15, 0.2) is 5.78 Å². The van der Waals surface area contributed by atoms with E-state index >= 15 is 0 Å². The lowest BCUT2D eigenvalue weighted by molar-refractivity contribution is 0.104. The molecule has 0 aliphatic heterocycles. The number of H-pyrrole nitrogens is 1. The molecule has 1 heterocycles. The summed E-state index contributed by atoms with van der Waals surface area (Å²) in [5.74, 6) is 0.0787. The van der Waals surface area contributed by atoms with Gasteiger partial charge in [-0.25, -0.2) is 0 Å². The second kappa shape index (κ2) is 4.39. The van der Waals surface area contributed by atoms with Gasteiger partial charge in [0.1, 0.15) is 0 Å². The average Bonchev–Trinajstić information content (AvgIpc) is 2.74. The number of hydrogen-bond acceptors (Lipinski definition) is 1. The minimum atomic E-state index is 0.0787. The zero-order chi connectivity index (χ0) is 13.4. The fourth-order valence-corrected chi connectivity index (χ4v) is 2.42. The highest BCUT2D eigenvalue weighted by atomic mass is 16.1. The van der Waals surface area contributed by atoms with Crippen molar-refractivity contribution in [1.82, 2.24) is 4.98 Å². The Morgan fingerprint density at radius 2 is 1.63 bits per heavy atom. The van der Waals surface area contributed by atoms with Crippen molar-refractivity contribution in [3.8, 4) is 0 Å². The number of fused-ring (bicyclic) bond motifs is 1. The molecule has 0 fully saturated rings. The van der Waals surface area contributed by atoms with Crippen molar-refractivity contribution in [2.75, 3.05) is 0 Å². The Kier molecular flexibility index (Phi) is 2.71. The summed E-state index contributed by atoms with van der Waals surface area (Å²) < 4.78 is 0. The minimum absolute atomic E-state index is 0.0787. The van der Waals surface area contributed by atoms with Crippen molar-refractivity contribution in [2.24, 2.45) is 0 Å². The lowest BCUT2D eigenvalue weighted by atomic mass is 10.00. The number of aromatic nitrogens is 1. The number of ketones is 1. The lowest BCUT2D eigenvalue weighted by Gasteiger charge is -2.02. The summed E-state index contributed by atoms with van der Waals surface area (Å²) in [5, 5.41) is 0.991. The normalized spacial score (nSPS) is 10.8. The first-order valence-corrected chi connectivity index (χ1v) is 6.35. The van der Waals surface area contributed by atoms with E-state index in [1.54, 1.807) is 0 Å². The van der Waals surface area contributed by atoms with Crippen LogP contribution in [0.25, 0.3) is 10.9 Å². The highest BCUT2D eigenvalue weighted by molar-refractivity contribution is 6.17. The fraction of sp³-hybridized carbons (Fsp3) is 0.118. The first-order valence-electron chi connectivity index (χ1n) is 6.35. The second-order valence-corrected chi connectivity index (χ2v) is 4.87. The molecule has 3 rings (SSSR count). The van der Waals surface area contributed by atoms with Gasteiger partial charge in [0, 0.05) is 22.2 Å². The molecule has 1 N–H and O–H groups in total. The maximum atomic E-state index is 12.6. The predicted molar refractivity (Wildman–Crippen MR) is 77.6 cm³/mol. The van der Waals surface area contributed by atoms with Crippen LogP contribution in [0.3, 0.4) is 0 Å². The Labute approximate surface area is 112 Å². The molecule has 0 aliphatic rings. The second-order valence-electron chi connectivity index (χ2n) is 4.87. The van der Waals surface area contributed by atoms with Crippen LogP contribution in [0.4, 0.5) is 0 Å². The molecule has 0 radical (unpaired) electrons. The van der Waals surface area contributed by atoms with E-state index in [9.17, 15) is 4.79 Å². The number of carbonyl (C=O) groups is 1. The molecule has 0 bridgehead atoms. The van der Waals surface area contributed by atoms with Crippen molar-refractivity contribution < 1.29 is 4.79 Å². The van der Waals surface area contributed by atoms with Crippen LogP contribution in [0, 0.1) is 13.8 Å². The molecular weight excluding hydrogens is 234 g/mol. The maximum absolute atomic E-state index is 12.6. The van der Waals surface area contributed by atoms with Gasteiger partial charge in [-0.3, -0.25) is 4.79 Å². The van der Waals surface area contributed by atoms with E-state index < -0.39 is 0 Å². The van der Waals surface area contributed by atoms with Crippen molar-refractivity contribution in [1.29, 1.82) is 0 Å². The first-order chi connectivity index (χ1) is 9.16. The van der Waals surface area contributed by atoms with Gasteiger partial charge in [-0.15, -0.1) is 0 Å². The van der Waals surface area contributed by atoms with Crippen LogP contribution in [-0.2, 0) is 0 Å². The van der Waals surface area contributed by atoms with Gasteiger partial charge in [0.25, 0.3) is 0 Å². The summed E-state index contributed by atoms with van der Waals surface area (Å²) in [4.78, 5) is 15.9. The summed E-state index contributed by atoms with van der Waals surface area (Å²) in [6.45, 7) is 3.96. The van der Waals surface area contributed by atoms with Crippen LogP contribution in [0.2, 0.25) is 0 Å². The largest absolute Gasteiger partial charge is 0.358 e. The van der Waals surface area contributed by atoms with Crippen molar-refractivity contribution in [2.45, 2.75) is 13.8 Å². The Morgan fingerprint density at radius 1 is 0.947 bits per heavy atom. The fourth-order valence-electron chi connectivity index (χ4n) is 2.42. The number of aryl methyl sites for hydroxylation is 2. The van der Waals surface area contributed by atoms with Crippen LogP contribution in [-0.4, -0.2) is 10.8 Å². The lowest BCUT2D eigenvalue weighted by Crippen LogP contribution is -2.02. The van der Waals surface area contributed by atoms with Crippen LogP contribution < -0.4 is 0 Å². The molecule has 0 spiro atoms. The summed E-state index contributed by atoms with van der Waals surface area (Å²) >= 11 is 0. The third kappa shape index (κ3) is 1.95. The number of hydrogen-bond donors (Lipinski definition) is 1. The van der Waals surface area contributed by atoms with Crippen molar-refractivity contribution >= 4 is 16.7 Å². The third-order valence-corrected chi connectivity index (χ3v) is 3.43. The van der Waals surface area contributed by atoms with Crippen LogP contribution in [0.1, 0.15) is 27.2 Å². The Hall–Kier alpha value is -2.35. The standard InChI is InChI=1S/C17H15NO/c1-11-7-9-13(10-8-11)17(19)16-12(2)18-15-6-4-3-5-14(15)16/h3-10,18H,1-2H3. The zero-order valence-corrected chi connectivity index (χ0v) is 11.0. The summed E-state index contributed by atoms with van der Waals surface area (Å²) in [6.07, 6.45) is 0. The molecular formula is C17H15NO. The number of nitrogens with one attached hydrogen (secondary N) is 1. The predicted octanol–water partition coefficient (Wildman–Crippen LogP) is 4.02. The van der Waals surface area contributed by atoms with Crippen molar-refractivity contribution in [3.63, 3.8) is 0 Å². The highest BCUT2D eigenvalue weighted by Gasteiger charge is 2.17. The van der Waals surface area contributed by atoms with E-state index in [1.165, 1.54) is 0 Å². The van der Waals surface area contributed by atoms with E-state index in [0.29, 0.717) is 0 Å². The molecule has 0 unspecified atom stereocenters. The average molecular weight is 249 g/mol. The highest BCUT2D eigenvalue weighted by Crippen LogP contribution is 2.24. The molecule has 3 aromatic rings. The number of aromatic amines is 1. The summed E-state index contributed by atoms with van der Waals surface area (Å²) in [5.41, 5.74) is 4.60. The molecule has 0 saturated heterocycles. The van der Waals surface area contributed by atoms with Gasteiger partial charge in [0.2, 0.25) is 0 Å². The molecule has 94 valence electrons. The quantitative estimate of drug-likeness (QED) is 0.684. The number of para-hydroxylation sites is 1. The van der Waals surface area contributed by atoms with Gasteiger partial charge in [-0.1, -0.05) is 48.0 Å². The van der Waals surface area contributed by atoms with E-state index in [0.717, 1.165) is 33.3 Å². The molecule has 1 aromatic heterocycles. The van der Waals surface area contributed by atoms with E-state index in [-0.39, 0.29) is 5.78 Å². The minimum Gasteiger partial charge on any atom is -0.358 e. The van der Waals surface area contributed by atoms with Crippen LogP contribution in [0.15, 0.2) is 48.5 Å². The van der Waals surface area contributed by atoms with Gasteiger partial charge in [-0.05, 0) is 19.9 Å². The number of rotatable bonds is 2. The van der Waals surface area contributed by atoms with E-state index in [1.807, 2.05) is 62.4 Å². The first kappa shape index (κ1) is 11.7. The molecule has 2 heteroatoms. The van der Waals surface area contributed by atoms with Crippen LogP contribution >= 0.6 is 0 Å². The summed E-state index contributed by atoms with van der Waals surface area (Å²) in [7, 11) is 0. The Balaban J connectivity index is 2.16. The van der Waals surface area contributed by atoms with Crippen molar-refractivity contribution in [3.05, 3.63) is 70.9 Å². The molecule has 19 heavy (non-hydrogen) atoms. The van der Waals surface area contributed by atoms with Gasteiger partial charge in [0.05, 0.1) is 5.56 Å². The molecule has 0 aliphatic carbocycles. The van der Waals surface area contributed by atoms with Gasteiger partial charge in [-0.2, -0.15) is 0 Å². The Morgan fingerprint density at radius 3 is 2.37 bits per heavy atom. The molecule has 2 aromatic carbocycles. The molecule has 2 nitrogen and oxygen atoms in total. The smallest absolute Gasteiger partial charge is 0.195 e. The van der Waals surface area contributed by atoms with Gasteiger partial charge < -0.3 is 4.98 Å². The van der Waals surface area contributed by atoms with Crippen LogP contribution in [0.5, 0.6) is 0 Å². The third-order valence-electron chi connectivity index (χ3n) is 3.43. The van der Waals surface area contributed by atoms with E-state index in [2.05, 4.69) is 4.98 Å². The molecule has 0 saturated carbocycles. The van der Waals surface area contributed by atoms with Gasteiger partial charge >= 0.3 is 0 Å². The molecule has 0 atom stereocenters. The topological polar surface area (TPSA) is 32.9 Å².